The van der Waals surface area contributed by atoms with Crippen LogP contribution in [-0.4, -0.2) is 23.7 Å². The number of thiophene rings is 1. The van der Waals surface area contributed by atoms with Crippen LogP contribution in [0, 0.1) is 0 Å². The van der Waals surface area contributed by atoms with E-state index < -0.39 is 0 Å². The van der Waals surface area contributed by atoms with Gasteiger partial charge in [0.2, 0.25) is 5.91 Å². The molecule has 15 heavy (non-hydrogen) atoms. The summed E-state index contributed by atoms with van der Waals surface area (Å²) in [5.74, 6) is 0.699. The van der Waals surface area contributed by atoms with Gasteiger partial charge in [-0.15, -0.1) is 22.9 Å². The molecule has 2 nitrogen and oxygen atoms in total. The highest BCUT2D eigenvalue weighted by Crippen LogP contribution is 2.21. The van der Waals surface area contributed by atoms with Crippen molar-refractivity contribution >= 4 is 44.8 Å². The monoisotopic (exact) mass is 309 g/mol. The lowest BCUT2D eigenvalue weighted by atomic mass is 10.3. The van der Waals surface area contributed by atoms with E-state index in [0.29, 0.717) is 18.8 Å². The van der Waals surface area contributed by atoms with Gasteiger partial charge in [0.25, 0.3) is 0 Å². The maximum absolute atomic E-state index is 11.6. The second-order valence-electron chi connectivity index (χ2n) is 3.27. The first-order valence-electron chi connectivity index (χ1n) is 4.66. The third-order valence-corrected chi connectivity index (χ3v) is 3.91. The fourth-order valence-corrected chi connectivity index (χ4v) is 2.80. The molecule has 0 unspecified atom stereocenters. The molecule has 0 saturated carbocycles. The Hall–Kier alpha value is -0.0600. The molecule has 0 aliphatic heterocycles. The fourth-order valence-electron chi connectivity index (χ4n) is 1.17. The predicted octanol–water partition coefficient (Wildman–Crippen LogP) is 3.49. The predicted molar refractivity (Wildman–Crippen MR) is 68.4 cm³/mol. The normalized spacial score (nSPS) is 10.3. The summed E-state index contributed by atoms with van der Waals surface area (Å²) in [6, 6.07) is 2.04. The minimum absolute atomic E-state index is 0.153. The summed E-state index contributed by atoms with van der Waals surface area (Å²) >= 11 is 10.6. The van der Waals surface area contributed by atoms with Crippen molar-refractivity contribution in [3.05, 3.63) is 20.8 Å². The van der Waals surface area contributed by atoms with Crippen molar-refractivity contribution in [3.63, 3.8) is 0 Å². The molecule has 0 saturated heterocycles. The number of carbonyl (C=O) groups excluding carboxylic acids is 1. The third kappa shape index (κ3) is 4.53. The largest absolute Gasteiger partial charge is 0.341 e. The van der Waals surface area contributed by atoms with Crippen molar-refractivity contribution in [2.45, 2.75) is 19.4 Å². The van der Waals surface area contributed by atoms with Crippen LogP contribution in [-0.2, 0) is 11.3 Å². The number of nitrogens with zero attached hydrogens (tertiary/aromatic N) is 1. The molecular formula is C10H13BrClNOS. The van der Waals surface area contributed by atoms with E-state index in [2.05, 4.69) is 15.9 Å². The highest BCUT2D eigenvalue weighted by Gasteiger charge is 2.09. The number of hydrogen-bond acceptors (Lipinski definition) is 2. The van der Waals surface area contributed by atoms with Crippen molar-refractivity contribution in [2.75, 3.05) is 12.9 Å². The second kappa shape index (κ2) is 6.51. The summed E-state index contributed by atoms with van der Waals surface area (Å²) in [6.07, 6.45) is 1.28. The molecular weight excluding hydrogens is 298 g/mol. The van der Waals surface area contributed by atoms with E-state index in [9.17, 15) is 4.79 Å². The van der Waals surface area contributed by atoms with Crippen LogP contribution in [0.3, 0.4) is 0 Å². The summed E-state index contributed by atoms with van der Waals surface area (Å²) in [5.41, 5.74) is 0. The van der Waals surface area contributed by atoms with E-state index in [0.717, 1.165) is 10.9 Å². The first kappa shape index (κ1) is 13.0. The molecule has 0 atom stereocenters. The molecule has 0 N–H and O–H groups in total. The van der Waals surface area contributed by atoms with Gasteiger partial charge in [0.15, 0.2) is 0 Å². The van der Waals surface area contributed by atoms with Gasteiger partial charge in [0, 0.05) is 34.1 Å². The smallest absolute Gasteiger partial charge is 0.222 e. The average molecular weight is 311 g/mol. The van der Waals surface area contributed by atoms with E-state index in [1.54, 1.807) is 16.2 Å². The van der Waals surface area contributed by atoms with Gasteiger partial charge in [-0.25, -0.2) is 0 Å². The van der Waals surface area contributed by atoms with Gasteiger partial charge in [-0.2, -0.15) is 0 Å². The van der Waals surface area contributed by atoms with Gasteiger partial charge in [-0.05, 0) is 28.4 Å². The zero-order chi connectivity index (χ0) is 11.3. The molecule has 1 aromatic rings. The molecule has 1 heterocycles. The molecule has 0 aromatic carbocycles. The minimum Gasteiger partial charge on any atom is -0.341 e. The van der Waals surface area contributed by atoms with Crippen molar-refractivity contribution in [1.29, 1.82) is 0 Å². The van der Waals surface area contributed by atoms with Crippen molar-refractivity contribution in [3.8, 4) is 0 Å². The minimum atomic E-state index is 0.153. The molecule has 0 fully saturated rings. The number of rotatable bonds is 5. The Bertz CT molecular complexity index is 329. The molecule has 5 heteroatoms. The Morgan fingerprint density at radius 2 is 2.40 bits per heavy atom. The molecule has 1 amide bonds. The van der Waals surface area contributed by atoms with Crippen LogP contribution < -0.4 is 0 Å². The second-order valence-corrected chi connectivity index (χ2v) is 5.56. The number of amides is 1. The van der Waals surface area contributed by atoms with E-state index in [1.807, 2.05) is 18.5 Å². The van der Waals surface area contributed by atoms with Crippen LogP contribution in [0.1, 0.15) is 17.7 Å². The number of halogens is 2. The Labute approximate surface area is 107 Å². The lowest BCUT2D eigenvalue weighted by Gasteiger charge is -2.15. The van der Waals surface area contributed by atoms with Gasteiger partial charge in [0.05, 0.1) is 6.54 Å². The summed E-state index contributed by atoms with van der Waals surface area (Å²) in [5, 5.41) is 2.02. The van der Waals surface area contributed by atoms with Gasteiger partial charge in [0.1, 0.15) is 0 Å². The highest BCUT2D eigenvalue weighted by atomic mass is 79.9. The van der Waals surface area contributed by atoms with E-state index in [1.165, 1.54) is 4.88 Å². The average Bonchev–Trinajstić information content (AvgIpc) is 2.60. The number of alkyl halides is 1. The van der Waals surface area contributed by atoms with Crippen molar-refractivity contribution < 1.29 is 4.79 Å². The summed E-state index contributed by atoms with van der Waals surface area (Å²) in [4.78, 5) is 14.5. The van der Waals surface area contributed by atoms with Crippen molar-refractivity contribution in [2.24, 2.45) is 0 Å². The lowest BCUT2D eigenvalue weighted by Crippen LogP contribution is -2.25. The first-order chi connectivity index (χ1) is 7.13. The highest BCUT2D eigenvalue weighted by molar-refractivity contribution is 9.10. The lowest BCUT2D eigenvalue weighted by molar-refractivity contribution is -0.130. The molecule has 0 aliphatic carbocycles. The Kier molecular flexibility index (Phi) is 5.64. The van der Waals surface area contributed by atoms with E-state index in [-0.39, 0.29) is 5.91 Å². The molecule has 1 rings (SSSR count). The van der Waals surface area contributed by atoms with Gasteiger partial charge >= 0.3 is 0 Å². The van der Waals surface area contributed by atoms with Crippen LogP contribution in [0.4, 0.5) is 0 Å². The van der Waals surface area contributed by atoms with Crippen LogP contribution in [0.15, 0.2) is 15.9 Å². The standard InChI is InChI=1S/C10H13BrClNOS/c1-13(10(14)3-2-4-12)6-9-5-8(11)7-15-9/h5,7H,2-4,6H2,1H3. The molecule has 0 aliphatic rings. The maximum atomic E-state index is 11.6. The Morgan fingerprint density at radius 1 is 1.67 bits per heavy atom. The molecule has 0 spiro atoms. The van der Waals surface area contributed by atoms with Gasteiger partial charge in [-0.3, -0.25) is 4.79 Å². The Balaban J connectivity index is 2.41. The summed E-state index contributed by atoms with van der Waals surface area (Å²) in [6.45, 7) is 0.678. The fraction of sp³-hybridized carbons (Fsp3) is 0.500. The van der Waals surface area contributed by atoms with Crippen LogP contribution in [0.2, 0.25) is 0 Å². The summed E-state index contributed by atoms with van der Waals surface area (Å²) < 4.78 is 1.07. The van der Waals surface area contributed by atoms with Crippen LogP contribution >= 0.6 is 38.9 Å². The number of hydrogen-bond donors (Lipinski definition) is 0. The van der Waals surface area contributed by atoms with Crippen LogP contribution in [0.5, 0.6) is 0 Å². The van der Waals surface area contributed by atoms with Gasteiger partial charge in [-0.1, -0.05) is 0 Å². The maximum Gasteiger partial charge on any atom is 0.222 e. The van der Waals surface area contributed by atoms with Crippen LogP contribution in [0.25, 0.3) is 0 Å². The van der Waals surface area contributed by atoms with E-state index >= 15 is 0 Å². The zero-order valence-electron chi connectivity index (χ0n) is 8.50. The topological polar surface area (TPSA) is 20.3 Å². The zero-order valence-corrected chi connectivity index (χ0v) is 11.7. The molecule has 0 bridgehead atoms. The van der Waals surface area contributed by atoms with Crippen molar-refractivity contribution in [1.82, 2.24) is 4.90 Å². The molecule has 1 aromatic heterocycles. The summed E-state index contributed by atoms with van der Waals surface area (Å²) in [7, 11) is 1.82. The number of carbonyl (C=O) groups is 1. The molecule has 84 valence electrons. The Morgan fingerprint density at radius 3 is 2.93 bits per heavy atom. The SMILES string of the molecule is CN(Cc1cc(Br)cs1)C(=O)CCCCl. The quantitative estimate of drug-likeness (QED) is 0.762. The van der Waals surface area contributed by atoms with E-state index in [4.69, 9.17) is 11.6 Å². The third-order valence-electron chi connectivity index (χ3n) is 1.96. The molecule has 0 radical (unpaired) electrons. The first-order valence-corrected chi connectivity index (χ1v) is 6.87. The van der Waals surface area contributed by atoms with Gasteiger partial charge < -0.3 is 4.90 Å².